The minimum Gasteiger partial charge on any atom is -0.398 e. The number of hydrogen-bond donors (Lipinski definition) is 4. The van der Waals surface area contributed by atoms with Gasteiger partial charge in [-0.25, -0.2) is 0 Å². The van der Waals surface area contributed by atoms with Crippen molar-refractivity contribution >= 4 is 16.5 Å². The van der Waals surface area contributed by atoms with Gasteiger partial charge in [-0.2, -0.15) is 0 Å². The Morgan fingerprint density at radius 1 is 0.857 bits per heavy atom. The van der Waals surface area contributed by atoms with Crippen molar-refractivity contribution in [3.63, 3.8) is 0 Å². The molecule has 0 aliphatic heterocycles. The molecule has 0 radical (unpaired) electrons. The summed E-state index contributed by atoms with van der Waals surface area (Å²) < 4.78 is 0. The van der Waals surface area contributed by atoms with Crippen LogP contribution in [0, 0.1) is 5.92 Å². The van der Waals surface area contributed by atoms with Gasteiger partial charge >= 0.3 is 0 Å². The van der Waals surface area contributed by atoms with Crippen LogP contribution < -0.4 is 17.2 Å². The van der Waals surface area contributed by atoms with Crippen molar-refractivity contribution in [2.24, 2.45) is 17.4 Å². The van der Waals surface area contributed by atoms with Crippen LogP contribution in [0.2, 0.25) is 0 Å². The fraction of sp³-hybridized carbons (Fsp3) is 0.419. The number of allylic oxidation sites excluding steroid dienone is 2. The fourth-order valence-electron chi connectivity index (χ4n) is 3.39. The van der Waals surface area contributed by atoms with E-state index in [4.69, 9.17) is 10.8 Å². The molecule has 3 aromatic carbocycles. The minimum atomic E-state index is 0.116. The molecule has 0 aromatic heterocycles. The van der Waals surface area contributed by atoms with Crippen LogP contribution in [0.15, 0.2) is 78.4 Å². The second kappa shape index (κ2) is 20.7. The molecule has 1 fully saturated rings. The first kappa shape index (κ1) is 32.3. The van der Waals surface area contributed by atoms with Crippen LogP contribution >= 0.6 is 0 Å². The summed E-state index contributed by atoms with van der Waals surface area (Å²) >= 11 is 0. The number of rotatable bonds is 6. The van der Waals surface area contributed by atoms with Gasteiger partial charge in [0.05, 0.1) is 6.61 Å². The predicted molar refractivity (Wildman–Crippen MR) is 156 cm³/mol. The number of aliphatic hydroxyl groups excluding tert-OH is 1. The number of fused-ring (bicyclic) bond motifs is 1. The molecular formula is C31H49N3O. The molecule has 35 heavy (non-hydrogen) atoms. The smallest absolute Gasteiger partial charge is 0.0682 e. The number of benzene rings is 3. The van der Waals surface area contributed by atoms with Gasteiger partial charge in [0, 0.05) is 5.69 Å². The number of nitrogen functional groups attached to an aromatic ring is 1. The summed E-state index contributed by atoms with van der Waals surface area (Å²) in [5.41, 5.74) is 19.5. The van der Waals surface area contributed by atoms with Crippen LogP contribution in [0.4, 0.5) is 5.69 Å². The fourth-order valence-corrected chi connectivity index (χ4v) is 3.39. The zero-order valence-electron chi connectivity index (χ0n) is 22.6. The molecule has 0 atom stereocenters. The maximum absolute atomic E-state index is 8.90. The van der Waals surface area contributed by atoms with E-state index in [-0.39, 0.29) is 6.61 Å². The molecule has 1 aliphatic carbocycles. The molecule has 0 unspecified atom stereocenters. The molecule has 1 saturated carbocycles. The van der Waals surface area contributed by atoms with Gasteiger partial charge in [-0.15, -0.1) is 0 Å². The molecule has 0 heterocycles. The van der Waals surface area contributed by atoms with Gasteiger partial charge in [-0.1, -0.05) is 99.4 Å². The summed E-state index contributed by atoms with van der Waals surface area (Å²) in [4.78, 5) is 0. The van der Waals surface area contributed by atoms with Crippen LogP contribution in [0.5, 0.6) is 0 Å². The Bertz CT molecular complexity index is 947. The maximum Gasteiger partial charge on any atom is 0.0682 e. The van der Waals surface area contributed by atoms with Gasteiger partial charge in [0.25, 0.3) is 0 Å². The van der Waals surface area contributed by atoms with Gasteiger partial charge in [-0.3, -0.25) is 0 Å². The first-order valence-electron chi connectivity index (χ1n) is 12.8. The van der Waals surface area contributed by atoms with Gasteiger partial charge in [-0.05, 0) is 80.2 Å². The zero-order valence-corrected chi connectivity index (χ0v) is 22.6. The molecular weight excluding hydrogens is 430 g/mol. The van der Waals surface area contributed by atoms with E-state index in [9.17, 15) is 0 Å². The van der Waals surface area contributed by atoms with Crippen LogP contribution in [0.1, 0.15) is 64.0 Å². The Hall–Kier alpha value is -2.66. The standard InChI is InChI=1S/C13H17N.C11H10O.C5H12.2CH5N/c1-10(11-8-9-11)6-7-12-4-2-3-5-13(12)14;12-8-9-5-6-10-3-1-2-4-11(10)7-9;1-3-5-4-2;2*1-2/h2-6,11H,7-9,14H2,1H3;1-7,12H,8H2;3-5H2,1-2H3;2*2H2,1H3/b10-6+;;;;. The Morgan fingerprint density at radius 2 is 1.43 bits per heavy atom. The lowest BCUT2D eigenvalue weighted by Gasteiger charge is -2.02. The molecule has 4 nitrogen and oxygen atoms in total. The lowest BCUT2D eigenvalue weighted by molar-refractivity contribution is 0.282. The lowest BCUT2D eigenvalue weighted by Crippen LogP contribution is -1.92. The third-order valence-corrected chi connectivity index (χ3v) is 5.62. The van der Waals surface area contributed by atoms with Crippen molar-refractivity contribution in [2.75, 3.05) is 19.8 Å². The summed E-state index contributed by atoms with van der Waals surface area (Å²) in [5, 5.41) is 11.3. The Kier molecular flexibility index (Phi) is 19.1. The Morgan fingerprint density at radius 3 is 1.94 bits per heavy atom. The van der Waals surface area contributed by atoms with Crippen molar-refractivity contribution < 1.29 is 5.11 Å². The number of anilines is 1. The lowest BCUT2D eigenvalue weighted by atomic mass is 10.1. The van der Waals surface area contributed by atoms with E-state index in [1.165, 1.54) is 68.1 Å². The third-order valence-electron chi connectivity index (χ3n) is 5.62. The summed E-state index contributed by atoms with van der Waals surface area (Å²) in [7, 11) is 3.00. The van der Waals surface area contributed by atoms with E-state index < -0.39 is 0 Å². The number of nitrogens with two attached hydrogens (primary N) is 3. The summed E-state index contributed by atoms with van der Waals surface area (Å²) in [6.45, 7) is 6.77. The highest BCUT2D eigenvalue weighted by molar-refractivity contribution is 5.82. The highest BCUT2D eigenvalue weighted by atomic mass is 16.3. The predicted octanol–water partition coefficient (Wildman–Crippen LogP) is 6.85. The van der Waals surface area contributed by atoms with E-state index in [0.29, 0.717) is 0 Å². The van der Waals surface area contributed by atoms with E-state index >= 15 is 0 Å². The first-order valence-corrected chi connectivity index (χ1v) is 12.8. The molecule has 0 amide bonds. The highest BCUT2D eigenvalue weighted by Crippen LogP contribution is 2.36. The van der Waals surface area contributed by atoms with E-state index in [1.54, 1.807) is 0 Å². The molecule has 4 rings (SSSR count). The number of para-hydroxylation sites is 1. The topological polar surface area (TPSA) is 98.3 Å². The van der Waals surface area contributed by atoms with Crippen molar-refractivity contribution in [1.82, 2.24) is 0 Å². The number of unbranched alkanes of at least 4 members (excludes halogenated alkanes) is 2. The number of hydrogen-bond acceptors (Lipinski definition) is 4. The molecule has 4 heteroatoms. The van der Waals surface area contributed by atoms with Crippen LogP contribution in [0.25, 0.3) is 10.8 Å². The molecule has 194 valence electrons. The summed E-state index contributed by atoms with van der Waals surface area (Å²) in [6, 6.07) is 22.2. The van der Waals surface area contributed by atoms with Crippen molar-refractivity contribution in [1.29, 1.82) is 0 Å². The molecule has 7 N–H and O–H groups in total. The Balaban J connectivity index is 0.000000501. The molecule has 0 spiro atoms. The maximum atomic E-state index is 8.90. The van der Waals surface area contributed by atoms with Crippen molar-refractivity contribution in [2.45, 2.75) is 65.9 Å². The van der Waals surface area contributed by atoms with Gasteiger partial charge < -0.3 is 22.3 Å². The normalized spacial score (nSPS) is 11.9. The first-order chi connectivity index (χ1) is 17.1. The van der Waals surface area contributed by atoms with E-state index in [1.807, 2.05) is 48.5 Å². The summed E-state index contributed by atoms with van der Waals surface area (Å²) in [6.07, 6.45) is 10.1. The van der Waals surface area contributed by atoms with E-state index in [2.05, 4.69) is 56.5 Å². The monoisotopic (exact) mass is 479 g/mol. The molecule has 0 bridgehead atoms. The Labute approximate surface area is 214 Å². The van der Waals surface area contributed by atoms with Crippen LogP contribution in [-0.2, 0) is 13.0 Å². The molecule has 1 aliphatic rings. The quantitative estimate of drug-likeness (QED) is 0.230. The zero-order chi connectivity index (χ0) is 26.5. The molecule has 0 saturated heterocycles. The number of aliphatic hydroxyl groups is 1. The second-order valence-corrected chi connectivity index (χ2v) is 8.32. The average molecular weight is 480 g/mol. The van der Waals surface area contributed by atoms with Crippen LogP contribution in [0.3, 0.4) is 0 Å². The average Bonchev–Trinajstić information content (AvgIpc) is 3.77. The van der Waals surface area contributed by atoms with Gasteiger partial charge in [0.1, 0.15) is 0 Å². The highest BCUT2D eigenvalue weighted by Gasteiger charge is 2.22. The van der Waals surface area contributed by atoms with Crippen LogP contribution in [-0.4, -0.2) is 19.2 Å². The molecule has 3 aromatic rings. The summed E-state index contributed by atoms with van der Waals surface area (Å²) in [5.74, 6) is 0.875. The van der Waals surface area contributed by atoms with Gasteiger partial charge in [0.15, 0.2) is 0 Å². The van der Waals surface area contributed by atoms with Crippen molar-refractivity contribution in [3.05, 3.63) is 89.5 Å². The third kappa shape index (κ3) is 13.7. The van der Waals surface area contributed by atoms with E-state index in [0.717, 1.165) is 23.6 Å². The SMILES string of the molecule is C/C(=C\Cc1ccccc1N)C1CC1.CCCCC.CN.CN.OCc1ccc2ccccc2c1. The largest absolute Gasteiger partial charge is 0.398 e. The van der Waals surface area contributed by atoms with Gasteiger partial charge in [0.2, 0.25) is 0 Å². The second-order valence-electron chi connectivity index (χ2n) is 8.32. The van der Waals surface area contributed by atoms with Crippen molar-refractivity contribution in [3.8, 4) is 0 Å². The minimum absolute atomic E-state index is 0.116.